The van der Waals surface area contributed by atoms with Gasteiger partial charge in [-0.05, 0) is 24.3 Å². The highest BCUT2D eigenvalue weighted by Gasteiger charge is 1.82. The summed E-state index contributed by atoms with van der Waals surface area (Å²) in [7, 11) is 0. The summed E-state index contributed by atoms with van der Waals surface area (Å²) < 4.78 is 0. The molecule has 1 rings (SSSR count). The van der Waals surface area contributed by atoms with Crippen molar-refractivity contribution >= 4 is 24.2 Å². The molecule has 0 radical (unpaired) electrons. The Bertz CT molecular complexity index is 160. The van der Waals surface area contributed by atoms with E-state index in [1.807, 2.05) is 24.3 Å². The molecule has 1 aromatic rings. The van der Waals surface area contributed by atoms with Crippen molar-refractivity contribution in [2.45, 2.75) is 4.90 Å². The van der Waals surface area contributed by atoms with Crippen LogP contribution >= 0.6 is 24.2 Å². The lowest BCUT2D eigenvalue weighted by Crippen LogP contribution is -1.61. The molecule has 7 heteroatoms. The lowest BCUT2D eigenvalue weighted by molar-refractivity contribution is 1.11. The van der Waals surface area contributed by atoms with Gasteiger partial charge in [0, 0.05) is 9.92 Å². The highest BCUT2D eigenvalue weighted by atomic mass is 35.5. The summed E-state index contributed by atoms with van der Waals surface area (Å²) in [4.78, 5) is 0.939. The van der Waals surface area contributed by atoms with Crippen molar-refractivity contribution in [3.63, 3.8) is 0 Å². The predicted octanol–water partition coefficient (Wildman–Crippen LogP) is 3.39. The van der Waals surface area contributed by atoms with Gasteiger partial charge in [0.15, 0.2) is 0 Å². The van der Waals surface area contributed by atoms with Gasteiger partial charge < -0.3 is 0 Å². The minimum absolute atomic E-state index is 0. The van der Waals surface area contributed by atoms with Gasteiger partial charge in [-0.25, -0.2) is 0 Å². The van der Waals surface area contributed by atoms with Gasteiger partial charge in [0.05, 0.1) is 0 Å². The third-order valence-corrected chi connectivity index (χ3v) is 1.38. The molecule has 0 aliphatic rings. The van der Waals surface area contributed by atoms with Crippen molar-refractivity contribution in [2.75, 3.05) is 0 Å². The molecule has 0 heterocycles. The maximum absolute atomic E-state index is 5.58. The molecule has 13 heavy (non-hydrogen) atoms. The van der Waals surface area contributed by atoms with Crippen LogP contribution < -0.4 is 0 Å². The lowest BCUT2D eigenvalue weighted by atomic mass is 10.4. The van der Waals surface area contributed by atoms with Crippen LogP contribution in [0.3, 0.4) is 0 Å². The number of benzene rings is 1. The average molecular weight is 245 g/mol. The Morgan fingerprint density at radius 1 is 0.769 bits per heavy atom. The molecule has 0 nitrogen and oxygen atoms in total. The highest BCUT2D eigenvalue weighted by molar-refractivity contribution is 7.80. The van der Waals surface area contributed by atoms with Gasteiger partial charge in [-0.1, -0.05) is 11.6 Å². The number of hydrogen-bond donors (Lipinski definition) is 1. The topological polar surface area (TPSA) is 0 Å². The van der Waals surface area contributed by atoms with E-state index in [1.54, 1.807) is 0 Å². The SMILES string of the molecule is F.F.F.F.F.Sc1ccc(Cl)cc1. The number of rotatable bonds is 0. The van der Waals surface area contributed by atoms with Gasteiger partial charge in [-0.3, -0.25) is 23.5 Å². The fraction of sp³-hybridized carbons (Fsp3) is 0. The van der Waals surface area contributed by atoms with Crippen LogP contribution in [0.1, 0.15) is 0 Å². The smallest absolute Gasteiger partial charge is 0.0406 e. The van der Waals surface area contributed by atoms with Crippen LogP contribution in [0, 0.1) is 0 Å². The van der Waals surface area contributed by atoms with Gasteiger partial charge in [0.25, 0.3) is 0 Å². The molecule has 0 amide bonds. The van der Waals surface area contributed by atoms with Crippen molar-refractivity contribution in [1.29, 1.82) is 0 Å². The summed E-state index contributed by atoms with van der Waals surface area (Å²) in [5.74, 6) is 0. The quantitative estimate of drug-likeness (QED) is 0.525. The van der Waals surface area contributed by atoms with Crippen LogP contribution in [0.25, 0.3) is 0 Å². The Hall–Kier alpha value is -0.490. The second-order valence-corrected chi connectivity index (χ2v) is 2.43. The molecule has 0 N–H and O–H groups in total. The lowest BCUT2D eigenvalue weighted by Gasteiger charge is -1.87. The molecule has 0 bridgehead atoms. The molecular weight excluding hydrogens is 235 g/mol. The third-order valence-electron chi connectivity index (χ3n) is 0.827. The van der Waals surface area contributed by atoms with Crippen molar-refractivity contribution in [1.82, 2.24) is 0 Å². The molecule has 0 unspecified atom stereocenters. The molecule has 0 aliphatic heterocycles. The van der Waals surface area contributed by atoms with Crippen molar-refractivity contribution in [2.24, 2.45) is 0 Å². The maximum atomic E-state index is 5.58. The van der Waals surface area contributed by atoms with Crippen LogP contribution in [-0.2, 0) is 0 Å². The highest BCUT2D eigenvalue weighted by Crippen LogP contribution is 2.11. The first-order chi connectivity index (χ1) is 3.79. The van der Waals surface area contributed by atoms with Gasteiger partial charge >= 0.3 is 0 Å². The first-order valence-corrected chi connectivity index (χ1v) is 3.06. The molecule has 0 aromatic heterocycles. The summed E-state index contributed by atoms with van der Waals surface area (Å²) in [6, 6.07) is 7.32. The van der Waals surface area contributed by atoms with Crippen LogP contribution in [0.2, 0.25) is 5.02 Å². The zero-order valence-electron chi connectivity index (χ0n) is 6.18. The summed E-state index contributed by atoms with van der Waals surface area (Å²) >= 11 is 9.65. The van der Waals surface area contributed by atoms with Crippen LogP contribution in [0.15, 0.2) is 29.2 Å². The van der Waals surface area contributed by atoms with Crippen molar-refractivity contribution < 1.29 is 23.5 Å². The Balaban J connectivity index is -0.0000000427. The van der Waals surface area contributed by atoms with E-state index in [9.17, 15) is 0 Å². The molecule has 0 saturated heterocycles. The summed E-state index contributed by atoms with van der Waals surface area (Å²) in [5, 5.41) is 0.753. The van der Waals surface area contributed by atoms with Gasteiger partial charge in [-0.2, -0.15) is 0 Å². The van der Waals surface area contributed by atoms with E-state index < -0.39 is 0 Å². The van der Waals surface area contributed by atoms with E-state index in [4.69, 9.17) is 11.6 Å². The molecule has 0 atom stereocenters. The third kappa shape index (κ3) is 11.5. The van der Waals surface area contributed by atoms with E-state index in [0.29, 0.717) is 0 Å². The minimum atomic E-state index is 0. The van der Waals surface area contributed by atoms with Crippen LogP contribution in [0.5, 0.6) is 0 Å². The van der Waals surface area contributed by atoms with E-state index in [0.717, 1.165) is 9.92 Å². The maximum Gasteiger partial charge on any atom is 0.0406 e. The van der Waals surface area contributed by atoms with E-state index in [2.05, 4.69) is 12.6 Å². The molecular formula is C6H10ClF5S. The molecule has 0 spiro atoms. The average Bonchev–Trinajstić information content (AvgIpc) is 1.77. The fourth-order valence-corrected chi connectivity index (χ4v) is 0.716. The molecule has 0 fully saturated rings. The van der Waals surface area contributed by atoms with E-state index in [-0.39, 0.29) is 23.5 Å². The van der Waals surface area contributed by atoms with E-state index in [1.165, 1.54) is 0 Å². The largest absolute Gasteiger partial charge is 0.269 e. The molecule has 1 aromatic carbocycles. The van der Waals surface area contributed by atoms with Crippen LogP contribution in [-0.4, -0.2) is 0 Å². The second kappa shape index (κ2) is 14.1. The zero-order valence-corrected chi connectivity index (χ0v) is 7.83. The molecule has 0 saturated carbocycles. The standard InChI is InChI=1S/C6H5ClS.5FH/c7-5-1-3-6(8)4-2-5;;;;;/h1-4,8H;5*1H. The van der Waals surface area contributed by atoms with Crippen molar-refractivity contribution in [3.8, 4) is 0 Å². The Kier molecular flexibility index (Phi) is 31.8. The first kappa shape index (κ1) is 29.4. The number of thiol groups is 1. The van der Waals surface area contributed by atoms with Gasteiger partial charge in [-0.15, -0.1) is 12.6 Å². The Morgan fingerprint density at radius 3 is 1.31 bits per heavy atom. The number of halogens is 6. The molecule has 0 aliphatic carbocycles. The predicted molar refractivity (Wildman–Crippen MR) is 51.2 cm³/mol. The van der Waals surface area contributed by atoms with E-state index >= 15 is 0 Å². The van der Waals surface area contributed by atoms with Gasteiger partial charge in [0.1, 0.15) is 0 Å². The van der Waals surface area contributed by atoms with Crippen molar-refractivity contribution in [3.05, 3.63) is 29.3 Å². The summed E-state index contributed by atoms with van der Waals surface area (Å²) in [6.07, 6.45) is 0. The minimum Gasteiger partial charge on any atom is -0.269 e. The Morgan fingerprint density at radius 2 is 1.08 bits per heavy atom. The Labute approximate surface area is 82.5 Å². The zero-order chi connectivity index (χ0) is 5.98. The summed E-state index contributed by atoms with van der Waals surface area (Å²) in [6.45, 7) is 0. The fourth-order valence-electron chi connectivity index (χ4n) is 0.441. The summed E-state index contributed by atoms with van der Waals surface area (Å²) in [5.41, 5.74) is 0. The van der Waals surface area contributed by atoms with Gasteiger partial charge in [0.2, 0.25) is 0 Å². The molecule has 82 valence electrons. The monoisotopic (exact) mass is 244 g/mol. The number of hydrogen-bond acceptors (Lipinski definition) is 1. The second-order valence-electron chi connectivity index (χ2n) is 1.48. The van der Waals surface area contributed by atoms with Crippen LogP contribution in [0.4, 0.5) is 23.5 Å². The normalized spacial score (nSPS) is 5.69. The first-order valence-electron chi connectivity index (χ1n) is 2.23.